The fourth-order valence-corrected chi connectivity index (χ4v) is 9.81. The molecule has 0 aliphatic rings. The second-order valence-corrected chi connectivity index (χ2v) is 15.4. The summed E-state index contributed by atoms with van der Waals surface area (Å²) < 4.78 is 11.3. The molecular formula is C51H30N4OS. The number of nitrogens with zero attached hydrogens (tertiary/aromatic N) is 4. The summed E-state index contributed by atoms with van der Waals surface area (Å²) in [5.41, 5.74) is 10.00. The first-order chi connectivity index (χ1) is 28.3. The average Bonchev–Trinajstić information content (AvgIpc) is 3.96. The molecule has 0 unspecified atom stereocenters. The summed E-state index contributed by atoms with van der Waals surface area (Å²) in [4.78, 5) is 15.9. The molecule has 266 valence electrons. The number of para-hydroxylation sites is 4. The van der Waals surface area contributed by atoms with Crippen LogP contribution < -0.4 is 0 Å². The van der Waals surface area contributed by atoms with Crippen LogP contribution in [-0.4, -0.2) is 19.5 Å². The van der Waals surface area contributed by atoms with Gasteiger partial charge in [-0.2, -0.15) is 0 Å². The smallest absolute Gasteiger partial charge is 0.167 e. The van der Waals surface area contributed by atoms with Gasteiger partial charge in [-0.15, -0.1) is 11.3 Å². The SMILES string of the molecule is c1ccc(-c2nc(-c3cccc4c3oc3ccccc34)nc(-c3cc(-n4c5ccccc5c5ccccc54)cc4c3sc3c(-c5ccccc5)cccc34)n2)cc1. The number of thiophene rings is 1. The molecule has 0 aliphatic carbocycles. The molecule has 0 bridgehead atoms. The molecule has 0 amide bonds. The molecule has 5 nitrogen and oxygen atoms in total. The van der Waals surface area contributed by atoms with E-state index in [1.165, 1.54) is 32.0 Å². The van der Waals surface area contributed by atoms with E-state index in [0.717, 1.165) is 65.4 Å². The molecule has 0 spiro atoms. The van der Waals surface area contributed by atoms with Gasteiger partial charge >= 0.3 is 0 Å². The first kappa shape index (κ1) is 31.9. The normalized spacial score (nSPS) is 11.9. The van der Waals surface area contributed by atoms with Crippen LogP contribution in [0.3, 0.4) is 0 Å². The Morgan fingerprint density at radius 1 is 0.386 bits per heavy atom. The van der Waals surface area contributed by atoms with E-state index in [1.54, 1.807) is 11.3 Å². The molecule has 0 saturated heterocycles. The van der Waals surface area contributed by atoms with E-state index in [1.807, 2.05) is 42.5 Å². The summed E-state index contributed by atoms with van der Waals surface area (Å²) >= 11 is 1.80. The maximum Gasteiger partial charge on any atom is 0.167 e. The second-order valence-electron chi connectivity index (χ2n) is 14.3. The monoisotopic (exact) mass is 746 g/mol. The van der Waals surface area contributed by atoms with E-state index < -0.39 is 0 Å². The van der Waals surface area contributed by atoms with Crippen LogP contribution in [0.2, 0.25) is 0 Å². The van der Waals surface area contributed by atoms with Gasteiger partial charge in [0.15, 0.2) is 17.5 Å². The molecule has 0 fully saturated rings. The highest BCUT2D eigenvalue weighted by molar-refractivity contribution is 7.26. The number of benzene rings is 8. The number of hydrogen-bond acceptors (Lipinski definition) is 5. The van der Waals surface area contributed by atoms with Crippen molar-refractivity contribution in [1.82, 2.24) is 19.5 Å². The van der Waals surface area contributed by atoms with Crippen LogP contribution in [0.4, 0.5) is 0 Å². The lowest BCUT2D eigenvalue weighted by atomic mass is 10.0. The Labute approximate surface area is 330 Å². The average molecular weight is 747 g/mol. The van der Waals surface area contributed by atoms with E-state index in [4.69, 9.17) is 19.4 Å². The van der Waals surface area contributed by atoms with E-state index in [2.05, 4.69) is 144 Å². The molecule has 4 aromatic heterocycles. The quantitative estimate of drug-likeness (QED) is 0.176. The summed E-state index contributed by atoms with van der Waals surface area (Å²) in [6, 6.07) is 63.8. The third-order valence-corrected chi connectivity index (χ3v) is 12.3. The number of fused-ring (bicyclic) bond motifs is 9. The number of furan rings is 1. The van der Waals surface area contributed by atoms with Gasteiger partial charge in [0, 0.05) is 58.5 Å². The minimum atomic E-state index is 0.560. The Balaban J connectivity index is 1.20. The highest BCUT2D eigenvalue weighted by Crippen LogP contribution is 2.46. The molecule has 0 atom stereocenters. The van der Waals surface area contributed by atoms with Gasteiger partial charge in [-0.05, 0) is 47.5 Å². The van der Waals surface area contributed by atoms with Crippen molar-refractivity contribution < 1.29 is 4.42 Å². The van der Waals surface area contributed by atoms with Gasteiger partial charge in [0.05, 0.1) is 16.6 Å². The zero-order valence-corrected chi connectivity index (χ0v) is 31.2. The standard InChI is InChI=1S/C51H30N4OS/c1-3-15-31(16-4-1)34-22-13-24-39-41-29-33(55-43-26-10-7-19-35(43)36-20-8-11-27-44(36)55)30-42(48(41)57-47(34)39)51-53-49(32-17-5-2-6-18-32)52-50(54-51)40-25-14-23-38-37-21-9-12-28-45(37)56-46(38)40/h1-30H. The minimum absolute atomic E-state index is 0.560. The lowest BCUT2D eigenvalue weighted by Gasteiger charge is -2.13. The first-order valence-electron chi connectivity index (χ1n) is 19.0. The van der Waals surface area contributed by atoms with Crippen molar-refractivity contribution in [2.24, 2.45) is 0 Å². The summed E-state index contributed by atoms with van der Waals surface area (Å²) in [7, 11) is 0. The summed E-state index contributed by atoms with van der Waals surface area (Å²) in [6.07, 6.45) is 0. The van der Waals surface area contributed by atoms with Crippen molar-refractivity contribution in [3.63, 3.8) is 0 Å². The molecule has 12 aromatic rings. The predicted octanol–water partition coefficient (Wildman–Crippen LogP) is 13.9. The molecule has 0 N–H and O–H groups in total. The van der Waals surface area contributed by atoms with Gasteiger partial charge in [-0.25, -0.2) is 15.0 Å². The molecule has 57 heavy (non-hydrogen) atoms. The Morgan fingerprint density at radius 2 is 0.930 bits per heavy atom. The van der Waals surface area contributed by atoms with Crippen molar-refractivity contribution in [1.29, 1.82) is 0 Å². The van der Waals surface area contributed by atoms with Crippen LogP contribution in [0.5, 0.6) is 0 Å². The largest absolute Gasteiger partial charge is 0.455 e. The van der Waals surface area contributed by atoms with Gasteiger partial charge in [0.2, 0.25) is 0 Å². The van der Waals surface area contributed by atoms with E-state index >= 15 is 0 Å². The van der Waals surface area contributed by atoms with Gasteiger partial charge in [-0.3, -0.25) is 0 Å². The Bertz CT molecular complexity index is 3470. The molecule has 0 radical (unpaired) electrons. The van der Waals surface area contributed by atoms with Crippen LogP contribution in [0.15, 0.2) is 186 Å². The molecule has 12 rings (SSSR count). The summed E-state index contributed by atoms with van der Waals surface area (Å²) in [5, 5.41) is 6.87. The Morgan fingerprint density at radius 3 is 1.67 bits per heavy atom. The summed E-state index contributed by atoms with van der Waals surface area (Å²) in [5.74, 6) is 1.77. The molecule has 0 saturated carbocycles. The van der Waals surface area contributed by atoms with Crippen molar-refractivity contribution in [3.8, 4) is 51.0 Å². The van der Waals surface area contributed by atoms with Crippen molar-refractivity contribution in [2.45, 2.75) is 0 Å². The topological polar surface area (TPSA) is 56.7 Å². The van der Waals surface area contributed by atoms with Crippen LogP contribution in [0.25, 0.3) is 115 Å². The zero-order valence-electron chi connectivity index (χ0n) is 30.4. The number of aromatic nitrogens is 4. The van der Waals surface area contributed by atoms with Gasteiger partial charge in [0.25, 0.3) is 0 Å². The lowest BCUT2D eigenvalue weighted by molar-refractivity contribution is 0.669. The third kappa shape index (κ3) is 4.98. The maximum absolute atomic E-state index is 6.54. The van der Waals surface area contributed by atoms with E-state index in [9.17, 15) is 0 Å². The van der Waals surface area contributed by atoms with Crippen molar-refractivity contribution in [3.05, 3.63) is 182 Å². The fraction of sp³-hybridized carbons (Fsp3) is 0. The van der Waals surface area contributed by atoms with Crippen LogP contribution >= 0.6 is 11.3 Å². The highest BCUT2D eigenvalue weighted by atomic mass is 32.1. The number of rotatable bonds is 5. The van der Waals surface area contributed by atoms with Gasteiger partial charge in [-0.1, -0.05) is 146 Å². The van der Waals surface area contributed by atoms with Crippen molar-refractivity contribution in [2.75, 3.05) is 0 Å². The molecular weight excluding hydrogens is 717 g/mol. The van der Waals surface area contributed by atoms with Crippen LogP contribution in [0.1, 0.15) is 0 Å². The van der Waals surface area contributed by atoms with Crippen molar-refractivity contribution >= 4 is 75.3 Å². The van der Waals surface area contributed by atoms with Gasteiger partial charge in [0.1, 0.15) is 11.2 Å². The molecule has 8 aromatic carbocycles. The minimum Gasteiger partial charge on any atom is -0.455 e. The fourth-order valence-electron chi connectivity index (χ4n) is 8.48. The van der Waals surface area contributed by atoms with E-state index in [-0.39, 0.29) is 0 Å². The summed E-state index contributed by atoms with van der Waals surface area (Å²) in [6.45, 7) is 0. The first-order valence-corrected chi connectivity index (χ1v) is 19.8. The van der Waals surface area contributed by atoms with E-state index in [0.29, 0.717) is 17.5 Å². The Kier molecular flexibility index (Phi) is 7.03. The molecule has 0 aliphatic heterocycles. The van der Waals surface area contributed by atoms with Crippen LogP contribution in [-0.2, 0) is 0 Å². The molecule has 6 heteroatoms. The second kappa shape index (κ2) is 12.6. The van der Waals surface area contributed by atoms with Gasteiger partial charge < -0.3 is 8.98 Å². The third-order valence-electron chi connectivity index (χ3n) is 11.1. The molecule has 4 heterocycles. The maximum atomic E-state index is 6.54. The lowest BCUT2D eigenvalue weighted by Crippen LogP contribution is -2.01. The number of hydrogen-bond donors (Lipinski definition) is 0. The Hall–Kier alpha value is -7.41. The zero-order chi connectivity index (χ0) is 37.5. The predicted molar refractivity (Wildman–Crippen MR) is 236 cm³/mol. The van der Waals surface area contributed by atoms with Crippen LogP contribution in [0, 0.1) is 0 Å². The highest BCUT2D eigenvalue weighted by Gasteiger charge is 2.23.